The Morgan fingerprint density at radius 2 is 2.14 bits per heavy atom. The minimum absolute atomic E-state index is 0.0195. The maximum atomic E-state index is 12.3. The first kappa shape index (κ1) is 13.9. The maximum absolute atomic E-state index is 12.3. The van der Waals surface area contributed by atoms with Gasteiger partial charge in [-0.3, -0.25) is 14.9 Å². The lowest BCUT2D eigenvalue weighted by Crippen LogP contribution is -2.38. The SMILES string of the molecule is CNc1cc(C(=O)NC2CC3CCC2C3)ccc1[N+](=O)[O-]. The van der Waals surface area contributed by atoms with Crippen LogP contribution in [-0.4, -0.2) is 23.9 Å². The van der Waals surface area contributed by atoms with Crippen LogP contribution in [0.25, 0.3) is 0 Å². The van der Waals surface area contributed by atoms with Crippen molar-refractivity contribution in [1.82, 2.24) is 5.32 Å². The number of hydrogen-bond donors (Lipinski definition) is 2. The molecule has 0 spiro atoms. The monoisotopic (exact) mass is 289 g/mol. The molecule has 6 nitrogen and oxygen atoms in total. The first-order chi connectivity index (χ1) is 10.1. The molecule has 2 bridgehead atoms. The Labute approximate surface area is 123 Å². The van der Waals surface area contributed by atoms with Gasteiger partial charge in [0.25, 0.3) is 11.6 Å². The number of hydrogen-bond acceptors (Lipinski definition) is 4. The lowest BCUT2D eigenvalue weighted by Gasteiger charge is -2.23. The smallest absolute Gasteiger partial charge is 0.292 e. The van der Waals surface area contributed by atoms with Gasteiger partial charge in [-0.1, -0.05) is 6.42 Å². The first-order valence-electron chi connectivity index (χ1n) is 7.35. The van der Waals surface area contributed by atoms with Crippen LogP contribution in [0.4, 0.5) is 11.4 Å². The predicted octanol–water partition coefficient (Wildman–Crippen LogP) is 2.55. The number of carbonyl (C=O) groups is 1. The number of nitrogens with one attached hydrogen (secondary N) is 2. The lowest BCUT2D eigenvalue weighted by atomic mass is 9.95. The van der Waals surface area contributed by atoms with Crippen molar-refractivity contribution in [1.29, 1.82) is 0 Å². The van der Waals surface area contributed by atoms with Gasteiger partial charge >= 0.3 is 0 Å². The summed E-state index contributed by atoms with van der Waals surface area (Å²) >= 11 is 0. The Hall–Kier alpha value is -2.11. The standard InChI is InChI=1S/C15H19N3O3/c1-16-13-8-11(4-5-14(13)18(20)21)15(19)17-12-7-9-2-3-10(12)6-9/h4-5,8-10,12,16H,2-3,6-7H2,1H3,(H,17,19). The van der Waals surface area contributed by atoms with Crippen LogP contribution in [0.15, 0.2) is 18.2 Å². The van der Waals surface area contributed by atoms with Gasteiger partial charge in [-0.25, -0.2) is 0 Å². The number of carbonyl (C=O) groups excluding carboxylic acids is 1. The Balaban J connectivity index is 1.74. The average Bonchev–Trinajstić information content (AvgIpc) is 3.08. The summed E-state index contributed by atoms with van der Waals surface area (Å²) in [6.07, 6.45) is 4.80. The zero-order chi connectivity index (χ0) is 15.0. The molecule has 0 radical (unpaired) electrons. The molecule has 2 fully saturated rings. The summed E-state index contributed by atoms with van der Waals surface area (Å²) in [5.41, 5.74) is 0.808. The van der Waals surface area contributed by atoms with E-state index in [1.807, 2.05) is 0 Å². The number of benzene rings is 1. The van der Waals surface area contributed by atoms with Crippen molar-refractivity contribution in [2.45, 2.75) is 31.7 Å². The van der Waals surface area contributed by atoms with Crippen molar-refractivity contribution in [3.8, 4) is 0 Å². The molecule has 2 N–H and O–H groups in total. The second-order valence-corrected chi connectivity index (χ2v) is 5.99. The molecule has 3 atom stereocenters. The van der Waals surface area contributed by atoms with Gasteiger partial charge in [0, 0.05) is 24.7 Å². The molecule has 1 aromatic carbocycles. The Kier molecular flexibility index (Phi) is 3.53. The van der Waals surface area contributed by atoms with Gasteiger partial charge in [0.05, 0.1) is 4.92 Å². The van der Waals surface area contributed by atoms with Gasteiger partial charge in [0.2, 0.25) is 0 Å². The van der Waals surface area contributed by atoms with Crippen LogP contribution in [0.5, 0.6) is 0 Å². The van der Waals surface area contributed by atoms with Crippen LogP contribution in [0, 0.1) is 22.0 Å². The molecule has 0 saturated heterocycles. The summed E-state index contributed by atoms with van der Waals surface area (Å²) in [4.78, 5) is 22.8. The van der Waals surface area contributed by atoms with Gasteiger partial charge in [0.1, 0.15) is 5.69 Å². The van der Waals surface area contributed by atoms with E-state index in [9.17, 15) is 14.9 Å². The van der Waals surface area contributed by atoms with Gasteiger partial charge in [0.15, 0.2) is 0 Å². The minimum atomic E-state index is -0.455. The molecular formula is C15H19N3O3. The van der Waals surface area contributed by atoms with Gasteiger partial charge in [-0.15, -0.1) is 0 Å². The van der Waals surface area contributed by atoms with E-state index < -0.39 is 4.92 Å². The fourth-order valence-corrected chi connectivity index (χ4v) is 3.71. The Morgan fingerprint density at radius 3 is 2.71 bits per heavy atom. The van der Waals surface area contributed by atoms with Crippen LogP contribution in [0.1, 0.15) is 36.0 Å². The number of amides is 1. The summed E-state index contributed by atoms with van der Waals surface area (Å²) in [7, 11) is 1.61. The van der Waals surface area contributed by atoms with Crippen molar-refractivity contribution in [2.75, 3.05) is 12.4 Å². The molecule has 6 heteroatoms. The van der Waals surface area contributed by atoms with E-state index in [1.165, 1.54) is 31.4 Å². The van der Waals surface area contributed by atoms with Crippen LogP contribution in [0.2, 0.25) is 0 Å². The van der Waals surface area contributed by atoms with Gasteiger partial charge in [-0.2, -0.15) is 0 Å². The van der Waals surface area contributed by atoms with Gasteiger partial charge in [-0.05, 0) is 43.2 Å². The number of nitrogens with zero attached hydrogens (tertiary/aromatic N) is 1. The van der Waals surface area contributed by atoms with Crippen molar-refractivity contribution in [3.63, 3.8) is 0 Å². The Bertz CT molecular complexity index is 588. The van der Waals surface area contributed by atoms with E-state index in [4.69, 9.17) is 0 Å². The number of nitro groups is 1. The molecule has 112 valence electrons. The third-order valence-corrected chi connectivity index (χ3v) is 4.78. The molecule has 2 saturated carbocycles. The third-order valence-electron chi connectivity index (χ3n) is 4.78. The number of anilines is 1. The fraction of sp³-hybridized carbons (Fsp3) is 0.533. The Morgan fingerprint density at radius 1 is 1.33 bits per heavy atom. The number of nitro benzene ring substituents is 1. The predicted molar refractivity (Wildman–Crippen MR) is 79.3 cm³/mol. The van der Waals surface area contributed by atoms with E-state index in [1.54, 1.807) is 13.1 Å². The fourth-order valence-electron chi connectivity index (χ4n) is 3.71. The molecule has 1 aromatic rings. The molecule has 3 rings (SSSR count). The largest absolute Gasteiger partial charge is 0.383 e. The number of rotatable bonds is 4. The van der Waals surface area contributed by atoms with E-state index in [0.29, 0.717) is 17.2 Å². The van der Waals surface area contributed by atoms with Crippen molar-refractivity contribution >= 4 is 17.3 Å². The number of fused-ring (bicyclic) bond motifs is 2. The highest BCUT2D eigenvalue weighted by atomic mass is 16.6. The highest BCUT2D eigenvalue weighted by Crippen LogP contribution is 2.44. The second-order valence-electron chi connectivity index (χ2n) is 5.99. The first-order valence-corrected chi connectivity index (χ1v) is 7.35. The average molecular weight is 289 g/mol. The van der Waals surface area contributed by atoms with Crippen LogP contribution in [-0.2, 0) is 0 Å². The summed E-state index contributed by atoms with van der Waals surface area (Å²) in [5.74, 6) is 1.24. The maximum Gasteiger partial charge on any atom is 0.292 e. The highest BCUT2D eigenvalue weighted by Gasteiger charge is 2.40. The third kappa shape index (κ3) is 2.57. The summed E-state index contributed by atoms with van der Waals surface area (Å²) < 4.78 is 0. The van der Waals surface area contributed by atoms with Crippen molar-refractivity contribution < 1.29 is 9.72 Å². The zero-order valence-corrected chi connectivity index (χ0v) is 12.0. The van der Waals surface area contributed by atoms with Crippen LogP contribution in [0.3, 0.4) is 0 Å². The van der Waals surface area contributed by atoms with E-state index in [2.05, 4.69) is 10.6 Å². The van der Waals surface area contributed by atoms with Crippen LogP contribution >= 0.6 is 0 Å². The molecule has 1 amide bonds. The molecule has 0 aliphatic heterocycles. The van der Waals surface area contributed by atoms with Crippen molar-refractivity contribution in [2.24, 2.45) is 11.8 Å². The molecule has 0 heterocycles. The lowest BCUT2D eigenvalue weighted by molar-refractivity contribution is -0.383. The zero-order valence-electron chi connectivity index (χ0n) is 12.0. The summed E-state index contributed by atoms with van der Waals surface area (Å²) in [6.45, 7) is 0. The molecule has 0 aromatic heterocycles. The van der Waals surface area contributed by atoms with Crippen molar-refractivity contribution in [3.05, 3.63) is 33.9 Å². The van der Waals surface area contributed by atoms with Gasteiger partial charge < -0.3 is 10.6 Å². The van der Waals surface area contributed by atoms with E-state index in [-0.39, 0.29) is 17.6 Å². The summed E-state index contributed by atoms with van der Waals surface area (Å²) in [6, 6.07) is 4.70. The summed E-state index contributed by atoms with van der Waals surface area (Å²) in [5, 5.41) is 16.8. The highest BCUT2D eigenvalue weighted by molar-refractivity contribution is 5.96. The molecule has 21 heavy (non-hydrogen) atoms. The normalized spacial score (nSPS) is 26.6. The minimum Gasteiger partial charge on any atom is -0.383 e. The van der Waals surface area contributed by atoms with E-state index >= 15 is 0 Å². The van der Waals surface area contributed by atoms with E-state index in [0.717, 1.165) is 12.3 Å². The van der Waals surface area contributed by atoms with Crippen LogP contribution < -0.4 is 10.6 Å². The molecular weight excluding hydrogens is 270 g/mol. The molecule has 2 aliphatic rings. The molecule has 3 unspecified atom stereocenters. The molecule has 2 aliphatic carbocycles. The second kappa shape index (κ2) is 5.35. The quantitative estimate of drug-likeness (QED) is 0.659. The topological polar surface area (TPSA) is 84.3 Å².